The van der Waals surface area contributed by atoms with Crippen molar-refractivity contribution in [3.8, 4) is 0 Å². The van der Waals surface area contributed by atoms with E-state index in [0.717, 1.165) is 36.1 Å². The molecule has 0 aromatic rings. The first kappa shape index (κ1) is 11.9. The van der Waals surface area contributed by atoms with Crippen molar-refractivity contribution >= 4 is 11.9 Å². The molecule has 0 amide bonds. The van der Waals surface area contributed by atoms with Gasteiger partial charge >= 0.3 is 11.9 Å². The fourth-order valence-corrected chi connectivity index (χ4v) is 5.28. The number of carbonyl (C=O) groups excluding carboxylic acids is 2. The lowest BCUT2D eigenvalue weighted by molar-refractivity contribution is -0.152. The van der Waals surface area contributed by atoms with E-state index in [2.05, 4.69) is 10.1 Å². The van der Waals surface area contributed by atoms with Crippen molar-refractivity contribution in [2.24, 2.45) is 29.6 Å². The van der Waals surface area contributed by atoms with Crippen LogP contribution in [0.25, 0.3) is 0 Å². The average Bonchev–Trinajstić information content (AvgIpc) is 2.66. The predicted molar refractivity (Wildman–Crippen MR) is 68.0 cm³/mol. The molecule has 4 aliphatic carbocycles. The van der Waals surface area contributed by atoms with Crippen LogP contribution >= 0.6 is 0 Å². The van der Waals surface area contributed by atoms with Gasteiger partial charge in [0, 0.05) is 0 Å². The summed E-state index contributed by atoms with van der Waals surface area (Å²) in [7, 11) is 0. The summed E-state index contributed by atoms with van der Waals surface area (Å²) in [5, 5.41) is 3.29. The third-order valence-corrected chi connectivity index (χ3v) is 5.89. The average molecular weight is 263 g/mol. The van der Waals surface area contributed by atoms with E-state index in [-0.39, 0.29) is 24.4 Å². The molecule has 5 fully saturated rings. The molecule has 4 heteroatoms. The van der Waals surface area contributed by atoms with Crippen LogP contribution in [0.3, 0.4) is 0 Å². The summed E-state index contributed by atoms with van der Waals surface area (Å²) in [6.07, 6.45) is 7.27. The maximum absolute atomic E-state index is 11.5. The molecule has 0 aromatic heterocycles. The number of hydrogen-bond acceptors (Lipinski definition) is 4. The first-order valence-corrected chi connectivity index (χ1v) is 7.67. The molecule has 1 heterocycles. The van der Waals surface area contributed by atoms with Gasteiger partial charge in [-0.2, -0.15) is 0 Å². The largest absolute Gasteiger partial charge is 0.392 e. The molecule has 1 unspecified atom stereocenters. The topological polar surface area (TPSA) is 55.4 Å². The van der Waals surface area contributed by atoms with Crippen molar-refractivity contribution in [3.63, 3.8) is 0 Å². The van der Waals surface area contributed by atoms with Crippen LogP contribution in [0.5, 0.6) is 0 Å². The summed E-state index contributed by atoms with van der Waals surface area (Å²) >= 11 is 0. The SMILES string of the molecule is O=C1CC(NCC2C3CC4CC(C3)CC2C4)C(=O)O1. The summed E-state index contributed by atoms with van der Waals surface area (Å²) in [6.45, 7) is 0.891. The van der Waals surface area contributed by atoms with Gasteiger partial charge in [-0.1, -0.05) is 0 Å². The Kier molecular flexibility index (Phi) is 2.69. The molecule has 4 bridgehead atoms. The zero-order chi connectivity index (χ0) is 13.0. The smallest absolute Gasteiger partial charge is 0.331 e. The summed E-state index contributed by atoms with van der Waals surface area (Å²) in [5.41, 5.74) is 0. The van der Waals surface area contributed by atoms with E-state index in [1.807, 2.05) is 0 Å². The molecule has 0 radical (unpaired) electrons. The molecule has 4 nitrogen and oxygen atoms in total. The van der Waals surface area contributed by atoms with Gasteiger partial charge in [-0.25, -0.2) is 4.79 Å². The summed E-state index contributed by atoms with van der Waals surface area (Å²) in [4.78, 5) is 22.5. The van der Waals surface area contributed by atoms with Gasteiger partial charge in [0.05, 0.1) is 6.42 Å². The molecule has 1 atom stereocenters. The van der Waals surface area contributed by atoms with Crippen molar-refractivity contribution in [2.75, 3.05) is 6.54 Å². The van der Waals surface area contributed by atoms with Gasteiger partial charge < -0.3 is 10.1 Å². The van der Waals surface area contributed by atoms with E-state index in [0.29, 0.717) is 0 Å². The first-order chi connectivity index (χ1) is 9.19. The zero-order valence-corrected chi connectivity index (χ0v) is 11.1. The van der Waals surface area contributed by atoms with Crippen LogP contribution in [0.1, 0.15) is 38.5 Å². The van der Waals surface area contributed by atoms with Crippen LogP contribution in [-0.2, 0) is 14.3 Å². The molecular formula is C15H21NO3. The van der Waals surface area contributed by atoms with Crippen LogP contribution in [0, 0.1) is 29.6 Å². The Balaban J connectivity index is 1.38. The quantitative estimate of drug-likeness (QED) is 0.619. The number of ether oxygens (including phenoxy) is 1. The van der Waals surface area contributed by atoms with Crippen molar-refractivity contribution in [1.82, 2.24) is 5.32 Å². The molecule has 5 aliphatic rings. The van der Waals surface area contributed by atoms with E-state index >= 15 is 0 Å². The fraction of sp³-hybridized carbons (Fsp3) is 0.867. The number of cyclic esters (lactones) is 2. The Bertz CT molecular complexity index is 392. The molecule has 104 valence electrons. The Morgan fingerprint density at radius 3 is 2.16 bits per heavy atom. The highest BCUT2D eigenvalue weighted by atomic mass is 16.6. The van der Waals surface area contributed by atoms with Gasteiger partial charge in [0.15, 0.2) is 0 Å². The lowest BCUT2D eigenvalue weighted by Gasteiger charge is -2.54. The normalized spacial score (nSPS) is 47.8. The minimum absolute atomic E-state index is 0.214. The Hall–Kier alpha value is -0.900. The van der Waals surface area contributed by atoms with E-state index in [9.17, 15) is 9.59 Å². The molecular weight excluding hydrogens is 242 g/mol. The number of nitrogens with one attached hydrogen (secondary N) is 1. The van der Waals surface area contributed by atoms with Crippen LogP contribution in [0.4, 0.5) is 0 Å². The van der Waals surface area contributed by atoms with Crippen LogP contribution < -0.4 is 5.32 Å². The number of esters is 2. The molecule has 0 spiro atoms. The second-order valence-electron chi connectivity index (χ2n) is 7.05. The van der Waals surface area contributed by atoms with E-state index < -0.39 is 0 Å². The molecule has 0 aromatic carbocycles. The molecule has 19 heavy (non-hydrogen) atoms. The highest BCUT2D eigenvalue weighted by molar-refractivity contribution is 5.96. The molecule has 5 rings (SSSR count). The molecule has 1 aliphatic heterocycles. The maximum Gasteiger partial charge on any atom is 0.331 e. The van der Waals surface area contributed by atoms with Gasteiger partial charge in [0.2, 0.25) is 0 Å². The van der Waals surface area contributed by atoms with Crippen molar-refractivity contribution in [3.05, 3.63) is 0 Å². The second kappa shape index (κ2) is 4.30. The minimum atomic E-state index is -0.385. The number of rotatable bonds is 3. The highest BCUT2D eigenvalue weighted by Gasteiger charge is 2.48. The van der Waals surface area contributed by atoms with E-state index in [1.165, 1.54) is 32.1 Å². The van der Waals surface area contributed by atoms with Crippen molar-refractivity contribution < 1.29 is 14.3 Å². The highest BCUT2D eigenvalue weighted by Crippen LogP contribution is 2.56. The first-order valence-electron chi connectivity index (χ1n) is 7.67. The Labute approximate surface area is 113 Å². The maximum atomic E-state index is 11.5. The van der Waals surface area contributed by atoms with E-state index in [4.69, 9.17) is 0 Å². The molecule has 1 saturated heterocycles. The molecule has 1 N–H and O–H groups in total. The third-order valence-electron chi connectivity index (χ3n) is 5.89. The summed E-state index contributed by atoms with van der Waals surface area (Å²) < 4.78 is 4.59. The summed E-state index contributed by atoms with van der Waals surface area (Å²) in [5.74, 6) is 3.64. The Morgan fingerprint density at radius 1 is 1.00 bits per heavy atom. The van der Waals surface area contributed by atoms with Crippen molar-refractivity contribution in [1.29, 1.82) is 0 Å². The second-order valence-corrected chi connectivity index (χ2v) is 7.05. The van der Waals surface area contributed by atoms with Gasteiger partial charge in [0.1, 0.15) is 6.04 Å². The Morgan fingerprint density at radius 2 is 1.63 bits per heavy atom. The number of carbonyl (C=O) groups is 2. The molecule has 4 saturated carbocycles. The van der Waals surface area contributed by atoms with Crippen molar-refractivity contribution in [2.45, 2.75) is 44.6 Å². The van der Waals surface area contributed by atoms with Gasteiger partial charge in [-0.15, -0.1) is 0 Å². The van der Waals surface area contributed by atoms with Gasteiger partial charge in [-0.05, 0) is 68.2 Å². The lowest BCUT2D eigenvalue weighted by atomic mass is 9.52. The van der Waals surface area contributed by atoms with E-state index in [1.54, 1.807) is 0 Å². The lowest BCUT2D eigenvalue weighted by Crippen LogP contribution is -2.50. The van der Waals surface area contributed by atoms with Crippen LogP contribution in [0.2, 0.25) is 0 Å². The van der Waals surface area contributed by atoms with Gasteiger partial charge in [-0.3, -0.25) is 4.79 Å². The monoisotopic (exact) mass is 263 g/mol. The fourth-order valence-electron chi connectivity index (χ4n) is 5.28. The summed E-state index contributed by atoms with van der Waals surface area (Å²) in [6, 6.07) is -0.385. The van der Waals surface area contributed by atoms with Crippen LogP contribution in [0.15, 0.2) is 0 Å². The minimum Gasteiger partial charge on any atom is -0.392 e. The number of hydrogen-bond donors (Lipinski definition) is 1. The van der Waals surface area contributed by atoms with Gasteiger partial charge in [0.25, 0.3) is 0 Å². The zero-order valence-electron chi connectivity index (χ0n) is 11.1. The standard InChI is InChI=1S/C15H21NO3/c17-14-6-13(15(18)19-14)16-7-12-10-2-8-1-9(4-10)5-11(12)3-8/h8-13,16H,1-7H2. The van der Waals surface area contributed by atoms with Crippen LogP contribution in [-0.4, -0.2) is 24.5 Å². The third kappa shape index (κ3) is 2.00. The predicted octanol–water partition coefficient (Wildman–Crippen LogP) is 1.49.